The van der Waals surface area contributed by atoms with Gasteiger partial charge in [-0.15, -0.1) is 0 Å². The Labute approximate surface area is 269 Å². The van der Waals surface area contributed by atoms with Gasteiger partial charge in [0.05, 0.1) is 11.5 Å². The summed E-state index contributed by atoms with van der Waals surface area (Å²) < 4.78 is 0. The maximum atomic E-state index is 14.5. The quantitative estimate of drug-likeness (QED) is 0.347. The van der Waals surface area contributed by atoms with Crippen molar-refractivity contribution in [1.82, 2.24) is 0 Å². The van der Waals surface area contributed by atoms with Crippen LogP contribution >= 0.6 is 0 Å². The van der Waals surface area contributed by atoms with Gasteiger partial charge in [0.2, 0.25) is 0 Å². The zero-order chi connectivity index (χ0) is 33.3. The summed E-state index contributed by atoms with van der Waals surface area (Å²) in [7, 11) is 0. The van der Waals surface area contributed by atoms with E-state index in [9.17, 15) is 34.2 Å². The molecule has 3 aromatic carbocycles. The highest BCUT2D eigenvalue weighted by molar-refractivity contribution is 6.32. The van der Waals surface area contributed by atoms with Crippen LogP contribution < -0.4 is 0 Å². The van der Waals surface area contributed by atoms with Gasteiger partial charge in [0.1, 0.15) is 17.5 Å². The number of carbonyl (C=O) groups is 5. The molecule has 0 aromatic heterocycles. The smallest absolute Gasteiger partial charge is 0.190 e. The molecule has 46 heavy (non-hydrogen) atoms. The van der Waals surface area contributed by atoms with Crippen molar-refractivity contribution in [3.8, 4) is 16.9 Å². The van der Waals surface area contributed by atoms with Gasteiger partial charge in [-0.25, -0.2) is 0 Å². The molecule has 7 nitrogen and oxygen atoms in total. The van der Waals surface area contributed by atoms with Crippen molar-refractivity contribution in [3.63, 3.8) is 0 Å². The van der Waals surface area contributed by atoms with Crippen molar-refractivity contribution in [2.75, 3.05) is 0 Å². The van der Waals surface area contributed by atoms with Crippen molar-refractivity contribution in [3.05, 3.63) is 89.0 Å². The molecule has 2 N–H and O–H groups in total. The molecule has 0 heterocycles. The number of benzene rings is 3. The van der Waals surface area contributed by atoms with E-state index in [1.54, 1.807) is 33.8 Å². The third-order valence-electron chi connectivity index (χ3n) is 11.1. The van der Waals surface area contributed by atoms with Crippen molar-refractivity contribution in [1.29, 1.82) is 0 Å². The topological polar surface area (TPSA) is 126 Å². The Hall–Kier alpha value is -4.23. The Morgan fingerprint density at radius 1 is 0.870 bits per heavy atom. The fourth-order valence-corrected chi connectivity index (χ4v) is 9.19. The highest BCUT2D eigenvalue weighted by atomic mass is 16.3. The van der Waals surface area contributed by atoms with Gasteiger partial charge in [0, 0.05) is 11.3 Å². The molecular formula is C39H40O7. The molecule has 238 valence electrons. The highest BCUT2D eigenvalue weighted by Gasteiger charge is 2.76. The molecule has 0 radical (unpaired) electrons. The number of aliphatic hydroxyl groups is 1. The fraction of sp³-hybridized carbons (Fsp3) is 0.410. The van der Waals surface area contributed by atoms with Crippen LogP contribution in [0.1, 0.15) is 68.1 Å². The van der Waals surface area contributed by atoms with Crippen LogP contribution in [0.3, 0.4) is 0 Å². The molecule has 0 amide bonds. The third-order valence-corrected chi connectivity index (χ3v) is 11.1. The SMILES string of the molecule is CC(=O)C1C(=O)C(C(C)C)[C@@]2(C)C[C@@]3(C)Cc4c(-c5ccc(CCc6ccccc6)cc5)ccc(O)c4C(=O)C3C(=O)[C@@]2(O)C1=O. The number of ketones is 5. The van der Waals surface area contributed by atoms with Gasteiger partial charge in [0.15, 0.2) is 28.7 Å². The molecule has 2 saturated carbocycles. The van der Waals surface area contributed by atoms with E-state index in [2.05, 4.69) is 24.3 Å². The number of hydrogen-bond donors (Lipinski definition) is 2. The zero-order valence-corrected chi connectivity index (χ0v) is 26.9. The van der Waals surface area contributed by atoms with Crippen molar-refractivity contribution in [2.45, 2.75) is 65.9 Å². The van der Waals surface area contributed by atoms with E-state index in [1.807, 2.05) is 30.3 Å². The highest BCUT2D eigenvalue weighted by Crippen LogP contribution is 2.64. The van der Waals surface area contributed by atoms with Gasteiger partial charge < -0.3 is 10.2 Å². The molecule has 6 rings (SSSR count). The molecule has 0 aliphatic heterocycles. The van der Waals surface area contributed by atoms with E-state index < -0.39 is 69.0 Å². The first kappa shape index (κ1) is 31.7. The molecule has 0 spiro atoms. The van der Waals surface area contributed by atoms with Crippen LogP contribution in [-0.2, 0) is 38.4 Å². The maximum absolute atomic E-state index is 14.5. The standard InChI is InChI=1S/C39H40O7/c1-21(2)31-33(42)29(22(3)40)35(44)39(46)36(45)32-34(43)30-27(19-37(32,4)20-38(31,39)5)26(17-18-28(30)41)25-15-13-24(14-16-25)12-11-23-9-7-6-8-10-23/h6-10,13-18,21,29,31-32,41,46H,11-12,19-20H2,1-5H3/t29?,31?,32?,37-,38-,39+/m1/s1. The minimum Gasteiger partial charge on any atom is -0.507 e. The molecule has 6 atom stereocenters. The van der Waals surface area contributed by atoms with E-state index in [0.717, 1.165) is 36.5 Å². The second-order valence-electron chi connectivity index (χ2n) is 14.5. The molecule has 3 aromatic rings. The van der Waals surface area contributed by atoms with Crippen molar-refractivity contribution in [2.24, 2.45) is 34.5 Å². The fourth-order valence-electron chi connectivity index (χ4n) is 9.19. The molecular weight excluding hydrogens is 580 g/mol. The van der Waals surface area contributed by atoms with Gasteiger partial charge in [-0.05, 0) is 77.8 Å². The summed E-state index contributed by atoms with van der Waals surface area (Å²) in [5.74, 6) is -8.92. The van der Waals surface area contributed by atoms with Crippen LogP contribution in [0.4, 0.5) is 0 Å². The number of hydrogen-bond acceptors (Lipinski definition) is 7. The predicted octanol–water partition coefficient (Wildman–Crippen LogP) is 5.55. The van der Waals surface area contributed by atoms with E-state index in [1.165, 1.54) is 11.6 Å². The van der Waals surface area contributed by atoms with Gasteiger partial charge in [0.25, 0.3) is 0 Å². The summed E-state index contributed by atoms with van der Waals surface area (Å²) >= 11 is 0. The van der Waals surface area contributed by atoms with Crippen LogP contribution in [0.25, 0.3) is 11.1 Å². The minimum atomic E-state index is -2.70. The Kier molecular flexibility index (Phi) is 7.55. The second-order valence-corrected chi connectivity index (χ2v) is 14.5. The average molecular weight is 621 g/mol. The number of aromatic hydroxyl groups is 1. The Morgan fingerprint density at radius 3 is 2.07 bits per heavy atom. The lowest BCUT2D eigenvalue weighted by molar-refractivity contribution is -0.205. The lowest BCUT2D eigenvalue weighted by atomic mass is 9.40. The number of carbonyl (C=O) groups excluding carboxylic acids is 5. The van der Waals surface area contributed by atoms with E-state index in [-0.39, 0.29) is 24.2 Å². The summed E-state index contributed by atoms with van der Waals surface area (Å²) in [5.41, 5.74) is -0.698. The molecule has 0 bridgehead atoms. The zero-order valence-electron chi connectivity index (χ0n) is 26.9. The normalized spacial score (nSPS) is 30.5. The Bertz CT molecular complexity index is 1790. The Morgan fingerprint density at radius 2 is 1.48 bits per heavy atom. The molecule has 0 saturated heterocycles. The summed E-state index contributed by atoms with van der Waals surface area (Å²) in [4.78, 5) is 68.9. The van der Waals surface area contributed by atoms with Crippen molar-refractivity contribution < 1.29 is 34.2 Å². The van der Waals surface area contributed by atoms with E-state index in [0.29, 0.717) is 5.56 Å². The van der Waals surface area contributed by atoms with E-state index in [4.69, 9.17) is 0 Å². The van der Waals surface area contributed by atoms with Crippen LogP contribution in [0.2, 0.25) is 0 Å². The molecule has 7 heteroatoms. The summed E-state index contributed by atoms with van der Waals surface area (Å²) in [6.45, 7) is 8.05. The number of aryl methyl sites for hydroxylation is 2. The first-order valence-corrected chi connectivity index (χ1v) is 16.0. The summed E-state index contributed by atoms with van der Waals surface area (Å²) in [6, 6.07) is 21.5. The lowest BCUT2D eigenvalue weighted by Gasteiger charge is -2.61. The molecule has 2 fully saturated rings. The van der Waals surface area contributed by atoms with Gasteiger partial charge in [-0.1, -0.05) is 88.4 Å². The van der Waals surface area contributed by atoms with E-state index >= 15 is 0 Å². The first-order chi connectivity index (χ1) is 21.7. The average Bonchev–Trinajstić information content (AvgIpc) is 2.98. The number of Topliss-reactive ketones (excluding diaryl/α,β-unsaturated/α-hetero) is 5. The third kappa shape index (κ3) is 4.46. The molecule has 3 aliphatic carbocycles. The van der Waals surface area contributed by atoms with Gasteiger partial charge in [-0.2, -0.15) is 0 Å². The van der Waals surface area contributed by atoms with Gasteiger partial charge >= 0.3 is 0 Å². The summed E-state index contributed by atoms with van der Waals surface area (Å²) in [6.07, 6.45) is 1.99. The first-order valence-electron chi connectivity index (χ1n) is 16.0. The number of rotatable bonds is 6. The Balaban J connectivity index is 1.42. The van der Waals surface area contributed by atoms with Crippen LogP contribution in [0, 0.1) is 34.5 Å². The number of phenolic OH excluding ortho intramolecular Hbond substituents is 1. The number of phenols is 1. The second kappa shape index (κ2) is 10.9. The predicted molar refractivity (Wildman–Crippen MR) is 172 cm³/mol. The van der Waals surface area contributed by atoms with Crippen LogP contribution in [0.5, 0.6) is 5.75 Å². The molecule has 3 unspecified atom stereocenters. The van der Waals surface area contributed by atoms with Crippen LogP contribution in [-0.4, -0.2) is 44.7 Å². The number of fused-ring (bicyclic) bond motifs is 3. The summed E-state index contributed by atoms with van der Waals surface area (Å²) in [5, 5.41) is 23.2. The molecule has 3 aliphatic rings. The largest absolute Gasteiger partial charge is 0.507 e. The van der Waals surface area contributed by atoms with Crippen molar-refractivity contribution >= 4 is 28.9 Å². The van der Waals surface area contributed by atoms with Gasteiger partial charge in [-0.3, -0.25) is 24.0 Å². The maximum Gasteiger partial charge on any atom is 0.190 e. The van der Waals surface area contributed by atoms with Crippen LogP contribution in [0.15, 0.2) is 66.7 Å². The lowest BCUT2D eigenvalue weighted by Crippen LogP contribution is -2.76. The monoisotopic (exact) mass is 620 g/mol. The minimum absolute atomic E-state index is 0.0107.